The van der Waals surface area contributed by atoms with Crippen LogP contribution in [-0.4, -0.2) is 24.2 Å². The molecule has 7 nitrogen and oxygen atoms in total. The van der Waals surface area contributed by atoms with Gasteiger partial charge in [0.15, 0.2) is 0 Å². The minimum atomic E-state index is -0.744. The van der Waals surface area contributed by atoms with Crippen molar-refractivity contribution in [3.05, 3.63) is 34.4 Å². The predicted octanol–water partition coefficient (Wildman–Crippen LogP) is 1.53. The van der Waals surface area contributed by atoms with Crippen molar-refractivity contribution in [1.29, 1.82) is 0 Å². The number of phenols is 1. The number of methoxy groups -OCH3 is 1. The number of phenolic OH excluding ortho intramolecular Hbond substituents is 1. The highest BCUT2D eigenvalue weighted by atomic mass is 16.5. The van der Waals surface area contributed by atoms with Gasteiger partial charge in [0.2, 0.25) is 0 Å². The van der Waals surface area contributed by atoms with Crippen LogP contribution in [0, 0.1) is 5.92 Å². The van der Waals surface area contributed by atoms with E-state index in [1.807, 2.05) is 0 Å². The van der Waals surface area contributed by atoms with Gasteiger partial charge in [-0.25, -0.2) is 4.79 Å². The van der Waals surface area contributed by atoms with Gasteiger partial charge in [0.05, 0.1) is 7.11 Å². The van der Waals surface area contributed by atoms with Crippen LogP contribution in [0.15, 0.2) is 27.4 Å². The molecule has 2 aromatic rings. The van der Waals surface area contributed by atoms with Gasteiger partial charge >= 0.3 is 11.6 Å². The lowest BCUT2D eigenvalue weighted by atomic mass is 10.1. The van der Waals surface area contributed by atoms with Crippen molar-refractivity contribution in [3.8, 4) is 11.5 Å². The van der Waals surface area contributed by atoms with Gasteiger partial charge in [0.25, 0.3) is 0 Å². The molecule has 0 fully saturated rings. The van der Waals surface area contributed by atoms with Gasteiger partial charge < -0.3 is 24.7 Å². The van der Waals surface area contributed by atoms with Crippen LogP contribution in [0.3, 0.4) is 0 Å². The molecule has 0 bridgehead atoms. The molecule has 2 rings (SSSR count). The van der Waals surface area contributed by atoms with Crippen molar-refractivity contribution in [2.24, 2.45) is 11.7 Å². The minimum absolute atomic E-state index is 0.0414. The number of hydrogen-bond donors (Lipinski definition) is 2. The van der Waals surface area contributed by atoms with Gasteiger partial charge in [-0.3, -0.25) is 4.79 Å². The first-order valence-corrected chi connectivity index (χ1v) is 7.09. The van der Waals surface area contributed by atoms with Gasteiger partial charge in [0.1, 0.15) is 35.3 Å². The van der Waals surface area contributed by atoms with E-state index in [0.717, 1.165) is 0 Å². The number of fused-ring (bicyclic) bond motifs is 1. The number of hydrogen-bond acceptors (Lipinski definition) is 7. The van der Waals surface area contributed by atoms with Gasteiger partial charge in [-0.05, 0) is 23.4 Å². The highest BCUT2D eigenvalue weighted by Gasteiger charge is 2.19. The molecule has 0 aliphatic carbocycles. The third kappa shape index (κ3) is 3.62. The Bertz CT molecular complexity index is 780. The first-order chi connectivity index (χ1) is 10.8. The van der Waals surface area contributed by atoms with Crippen LogP contribution < -0.4 is 16.1 Å². The number of benzene rings is 1. The number of aromatic hydroxyl groups is 1. The Hall–Kier alpha value is -2.54. The van der Waals surface area contributed by atoms with Gasteiger partial charge in [-0.15, -0.1) is 0 Å². The fourth-order valence-corrected chi connectivity index (χ4v) is 2.03. The van der Waals surface area contributed by atoms with Crippen LogP contribution in [0.5, 0.6) is 11.5 Å². The third-order valence-corrected chi connectivity index (χ3v) is 3.45. The molecule has 0 amide bonds. The monoisotopic (exact) mass is 321 g/mol. The molecule has 0 spiro atoms. The zero-order valence-electron chi connectivity index (χ0n) is 13.2. The number of rotatable bonds is 5. The second kappa shape index (κ2) is 6.70. The normalized spacial score (nSPS) is 12.4. The topological polar surface area (TPSA) is 112 Å². The molecule has 1 heterocycles. The molecule has 0 unspecified atom stereocenters. The van der Waals surface area contributed by atoms with Crippen LogP contribution in [-0.2, 0) is 16.1 Å². The molecular weight excluding hydrogens is 302 g/mol. The molecule has 23 heavy (non-hydrogen) atoms. The third-order valence-electron chi connectivity index (χ3n) is 3.45. The fraction of sp³-hybridized carbons (Fsp3) is 0.375. The molecule has 0 aliphatic heterocycles. The highest BCUT2D eigenvalue weighted by Crippen LogP contribution is 2.28. The average molecular weight is 321 g/mol. The van der Waals surface area contributed by atoms with E-state index in [2.05, 4.69) is 0 Å². The van der Waals surface area contributed by atoms with Crippen LogP contribution >= 0.6 is 0 Å². The summed E-state index contributed by atoms with van der Waals surface area (Å²) >= 11 is 0. The second-order valence-electron chi connectivity index (χ2n) is 5.49. The Labute approximate surface area is 132 Å². The van der Waals surface area contributed by atoms with E-state index >= 15 is 0 Å². The van der Waals surface area contributed by atoms with Gasteiger partial charge in [0, 0.05) is 6.07 Å². The van der Waals surface area contributed by atoms with Crippen molar-refractivity contribution >= 4 is 16.7 Å². The zero-order valence-corrected chi connectivity index (χ0v) is 13.2. The summed E-state index contributed by atoms with van der Waals surface area (Å²) in [7, 11) is 1.45. The minimum Gasteiger partial charge on any atom is -0.507 e. The molecular formula is C16H19NO6. The first kappa shape index (κ1) is 16.8. The summed E-state index contributed by atoms with van der Waals surface area (Å²) < 4.78 is 15.2. The Balaban J connectivity index is 2.29. The number of carbonyl (C=O) groups excluding carboxylic acids is 1. The summed E-state index contributed by atoms with van der Waals surface area (Å²) in [6.07, 6.45) is 0. The van der Waals surface area contributed by atoms with Gasteiger partial charge in [-0.1, -0.05) is 13.8 Å². The number of ether oxygens (including phenoxy) is 2. The van der Waals surface area contributed by atoms with E-state index in [1.54, 1.807) is 19.9 Å². The van der Waals surface area contributed by atoms with E-state index in [4.69, 9.17) is 19.6 Å². The standard InChI is InChI=1S/C16H19NO6/c1-8(2)14(17)16(20)22-7-11-5-9-4-10(21-3)6-12(18)13(9)15(19)23-11/h4-6,8,14,18H,7,17H2,1-3H3/t14-/m0/s1. The molecule has 1 atom stereocenters. The van der Waals surface area contributed by atoms with Crippen LogP contribution in [0.2, 0.25) is 0 Å². The summed E-state index contributed by atoms with van der Waals surface area (Å²) in [4.78, 5) is 23.7. The molecule has 0 radical (unpaired) electrons. The van der Waals surface area contributed by atoms with Crippen molar-refractivity contribution in [2.75, 3.05) is 7.11 Å². The molecule has 7 heteroatoms. The van der Waals surface area contributed by atoms with Crippen LogP contribution in [0.1, 0.15) is 19.6 Å². The molecule has 0 saturated carbocycles. The van der Waals surface area contributed by atoms with Crippen molar-refractivity contribution in [3.63, 3.8) is 0 Å². The van der Waals surface area contributed by atoms with Crippen molar-refractivity contribution < 1.29 is 23.8 Å². The van der Waals surface area contributed by atoms with E-state index in [0.29, 0.717) is 11.1 Å². The Morgan fingerprint density at radius 2 is 2.04 bits per heavy atom. The van der Waals surface area contributed by atoms with Crippen LogP contribution in [0.25, 0.3) is 10.8 Å². The lowest BCUT2D eigenvalue weighted by molar-refractivity contribution is -0.148. The lowest BCUT2D eigenvalue weighted by Gasteiger charge is -2.14. The maximum absolute atomic E-state index is 12.0. The SMILES string of the molecule is COc1cc(O)c2c(=O)oc(COC(=O)[C@@H](N)C(C)C)cc2c1. The number of nitrogens with two attached hydrogens (primary N) is 1. The predicted molar refractivity (Wildman–Crippen MR) is 83.3 cm³/mol. The molecule has 1 aromatic heterocycles. The maximum Gasteiger partial charge on any atom is 0.347 e. The van der Waals surface area contributed by atoms with E-state index in [-0.39, 0.29) is 29.4 Å². The van der Waals surface area contributed by atoms with Crippen molar-refractivity contribution in [1.82, 2.24) is 0 Å². The molecule has 0 saturated heterocycles. The number of carbonyl (C=O) groups is 1. The molecule has 124 valence electrons. The summed E-state index contributed by atoms with van der Waals surface area (Å²) in [6.45, 7) is 3.39. The summed E-state index contributed by atoms with van der Waals surface area (Å²) in [5.41, 5.74) is 4.97. The zero-order chi connectivity index (χ0) is 17.1. The number of esters is 1. The molecule has 1 aromatic carbocycles. The smallest absolute Gasteiger partial charge is 0.347 e. The average Bonchev–Trinajstić information content (AvgIpc) is 2.50. The summed E-state index contributed by atoms with van der Waals surface area (Å²) in [5, 5.41) is 10.3. The maximum atomic E-state index is 12.0. The van der Waals surface area contributed by atoms with Gasteiger partial charge in [-0.2, -0.15) is 0 Å². The van der Waals surface area contributed by atoms with E-state index in [9.17, 15) is 14.7 Å². The highest BCUT2D eigenvalue weighted by molar-refractivity contribution is 5.88. The van der Waals surface area contributed by atoms with E-state index < -0.39 is 17.6 Å². The quantitative estimate of drug-likeness (QED) is 0.803. The summed E-state index contributed by atoms with van der Waals surface area (Å²) in [6, 6.07) is 3.66. The lowest BCUT2D eigenvalue weighted by Crippen LogP contribution is -2.36. The first-order valence-electron chi connectivity index (χ1n) is 7.09. The molecule has 3 N–H and O–H groups in total. The van der Waals surface area contributed by atoms with Crippen LogP contribution in [0.4, 0.5) is 0 Å². The Morgan fingerprint density at radius 3 is 2.65 bits per heavy atom. The molecule has 0 aliphatic rings. The largest absolute Gasteiger partial charge is 0.507 e. The van der Waals surface area contributed by atoms with E-state index in [1.165, 1.54) is 19.2 Å². The van der Waals surface area contributed by atoms with Crippen molar-refractivity contribution in [2.45, 2.75) is 26.5 Å². The summed E-state index contributed by atoms with van der Waals surface area (Å²) in [5.74, 6) is -0.327. The Kier molecular flexibility index (Phi) is 4.90. The second-order valence-corrected chi connectivity index (χ2v) is 5.49. The Morgan fingerprint density at radius 1 is 1.35 bits per heavy atom. The fourth-order valence-electron chi connectivity index (χ4n) is 2.03.